The summed E-state index contributed by atoms with van der Waals surface area (Å²) in [7, 11) is 2.19. The maximum atomic E-state index is 12.9. The molecule has 1 saturated heterocycles. The van der Waals surface area contributed by atoms with Crippen LogP contribution >= 0.6 is 11.3 Å². The van der Waals surface area contributed by atoms with Crippen molar-refractivity contribution in [3.05, 3.63) is 16.0 Å². The monoisotopic (exact) mass is 402 g/mol. The predicted octanol–water partition coefficient (Wildman–Crippen LogP) is 3.88. The number of carbonyl (C=O) groups excluding carboxylic acids is 1. The van der Waals surface area contributed by atoms with Gasteiger partial charge in [-0.25, -0.2) is 0 Å². The minimum Gasteiger partial charge on any atom is -0.315 e. The van der Waals surface area contributed by atoms with Gasteiger partial charge in [-0.05, 0) is 77.1 Å². The Morgan fingerprint density at radius 3 is 2.93 bits per heavy atom. The fourth-order valence-electron chi connectivity index (χ4n) is 4.61. The molecule has 0 spiro atoms. The maximum Gasteiger partial charge on any atom is 0.242 e. The molecule has 2 unspecified atom stereocenters. The first-order valence-electron chi connectivity index (χ1n) is 10.8. The predicted molar refractivity (Wildman–Crippen MR) is 116 cm³/mol. The molecule has 1 aliphatic heterocycles. The third kappa shape index (κ3) is 4.94. The van der Waals surface area contributed by atoms with E-state index in [1.54, 1.807) is 11.3 Å². The number of thiophene rings is 1. The van der Waals surface area contributed by atoms with Crippen LogP contribution in [-0.2, 0) is 17.6 Å². The molecule has 28 heavy (non-hydrogen) atoms. The Morgan fingerprint density at radius 2 is 2.18 bits per heavy atom. The van der Waals surface area contributed by atoms with Gasteiger partial charge in [0.1, 0.15) is 11.1 Å². The molecule has 2 atom stereocenters. The Balaban J connectivity index is 1.60. The summed E-state index contributed by atoms with van der Waals surface area (Å²) in [6.07, 6.45) is 7.90. The van der Waals surface area contributed by atoms with Crippen LogP contribution in [0, 0.1) is 17.2 Å². The van der Waals surface area contributed by atoms with Crippen LogP contribution in [0.15, 0.2) is 0 Å². The van der Waals surface area contributed by atoms with Crippen molar-refractivity contribution in [3.8, 4) is 6.07 Å². The third-order valence-electron chi connectivity index (χ3n) is 6.19. The van der Waals surface area contributed by atoms with E-state index in [1.165, 1.54) is 29.7 Å². The first kappa shape index (κ1) is 21.3. The lowest BCUT2D eigenvalue weighted by Gasteiger charge is -2.24. The molecule has 5 nitrogen and oxygen atoms in total. The van der Waals surface area contributed by atoms with Gasteiger partial charge in [0, 0.05) is 18.0 Å². The molecular formula is C22H34N4OS. The summed E-state index contributed by atoms with van der Waals surface area (Å²) in [5, 5.41) is 13.5. The van der Waals surface area contributed by atoms with Gasteiger partial charge in [0.25, 0.3) is 0 Å². The number of nitriles is 1. The number of nitrogens with zero attached hydrogens (tertiary/aromatic N) is 3. The third-order valence-corrected chi connectivity index (χ3v) is 7.40. The first-order valence-corrected chi connectivity index (χ1v) is 11.6. The van der Waals surface area contributed by atoms with E-state index in [4.69, 9.17) is 0 Å². The van der Waals surface area contributed by atoms with Gasteiger partial charge in [0.05, 0.1) is 11.6 Å². The Hall–Kier alpha value is -1.42. The molecule has 3 rings (SSSR count). The zero-order valence-corrected chi connectivity index (χ0v) is 18.4. The smallest absolute Gasteiger partial charge is 0.242 e. The minimum atomic E-state index is -0.157. The summed E-state index contributed by atoms with van der Waals surface area (Å²) in [4.78, 5) is 18.9. The fraction of sp³-hybridized carbons (Fsp3) is 0.727. The molecule has 0 bridgehead atoms. The van der Waals surface area contributed by atoms with Crippen molar-refractivity contribution in [2.24, 2.45) is 5.92 Å². The molecule has 0 radical (unpaired) electrons. The highest BCUT2D eigenvalue weighted by Crippen LogP contribution is 2.37. The Bertz CT molecular complexity index is 723. The van der Waals surface area contributed by atoms with Crippen molar-refractivity contribution in [3.63, 3.8) is 0 Å². The number of likely N-dealkylation sites (tertiary alicyclic amines) is 1. The van der Waals surface area contributed by atoms with Crippen molar-refractivity contribution in [2.45, 2.75) is 64.8 Å². The Labute approximate surface area is 173 Å². The molecule has 1 aromatic heterocycles. The molecule has 1 fully saturated rings. The van der Waals surface area contributed by atoms with E-state index < -0.39 is 0 Å². The number of anilines is 1. The standard InChI is InChI=1S/C22H34N4OS/c1-4-11-25(3)14-17-10-12-26(15-17)16(2)21(27)24-22-19(13-23)18-8-6-5-7-9-20(18)28-22/h16-17H,4-12,14-15H2,1-3H3,(H,24,27). The summed E-state index contributed by atoms with van der Waals surface area (Å²) in [5.74, 6) is 0.662. The summed E-state index contributed by atoms with van der Waals surface area (Å²) in [5.41, 5.74) is 1.90. The lowest BCUT2D eigenvalue weighted by Crippen LogP contribution is -2.41. The van der Waals surface area contributed by atoms with Gasteiger partial charge in [-0.1, -0.05) is 13.3 Å². The second-order valence-corrected chi connectivity index (χ2v) is 9.56. The van der Waals surface area contributed by atoms with Crippen LogP contribution in [0.3, 0.4) is 0 Å². The molecule has 1 aliphatic carbocycles. The van der Waals surface area contributed by atoms with E-state index >= 15 is 0 Å². The average Bonchev–Trinajstić information content (AvgIpc) is 3.18. The zero-order valence-electron chi connectivity index (χ0n) is 17.6. The molecular weight excluding hydrogens is 368 g/mol. The number of rotatable bonds is 7. The van der Waals surface area contributed by atoms with E-state index in [2.05, 4.69) is 35.2 Å². The minimum absolute atomic E-state index is 0.0236. The van der Waals surface area contributed by atoms with Crippen LogP contribution < -0.4 is 5.32 Å². The first-order chi connectivity index (χ1) is 13.5. The second-order valence-electron chi connectivity index (χ2n) is 8.46. The topological polar surface area (TPSA) is 59.4 Å². The van der Waals surface area contributed by atoms with Gasteiger partial charge >= 0.3 is 0 Å². The highest BCUT2D eigenvalue weighted by Gasteiger charge is 2.31. The number of hydrogen-bond donors (Lipinski definition) is 1. The Kier molecular flexibility index (Phi) is 7.50. The SMILES string of the molecule is CCCN(C)CC1CCN(C(C)C(=O)Nc2sc3c(c2C#N)CCCCC3)C1. The van der Waals surface area contributed by atoms with Gasteiger partial charge in [-0.3, -0.25) is 9.69 Å². The molecule has 2 heterocycles. The summed E-state index contributed by atoms with van der Waals surface area (Å²) in [6.45, 7) is 8.41. The molecule has 0 saturated carbocycles. The van der Waals surface area contributed by atoms with Crippen LogP contribution in [0.1, 0.15) is 62.0 Å². The molecule has 1 aromatic rings. The molecule has 154 valence electrons. The fourth-order valence-corrected chi connectivity index (χ4v) is 5.85. The average molecular weight is 403 g/mol. The van der Waals surface area contributed by atoms with Gasteiger partial charge in [0.2, 0.25) is 5.91 Å². The van der Waals surface area contributed by atoms with Crippen LogP contribution in [0.5, 0.6) is 0 Å². The number of carbonyl (C=O) groups is 1. The summed E-state index contributed by atoms with van der Waals surface area (Å²) in [6, 6.07) is 2.21. The lowest BCUT2D eigenvalue weighted by molar-refractivity contribution is -0.120. The van der Waals surface area contributed by atoms with E-state index in [9.17, 15) is 10.1 Å². The van der Waals surface area contributed by atoms with Crippen molar-refractivity contribution in [1.82, 2.24) is 9.80 Å². The Morgan fingerprint density at radius 1 is 1.39 bits per heavy atom. The molecule has 6 heteroatoms. The largest absolute Gasteiger partial charge is 0.315 e. The summed E-state index contributed by atoms with van der Waals surface area (Å²) < 4.78 is 0. The number of aryl methyl sites for hydroxylation is 1. The lowest BCUT2D eigenvalue weighted by atomic mass is 10.1. The quantitative estimate of drug-likeness (QED) is 0.703. The highest BCUT2D eigenvalue weighted by molar-refractivity contribution is 7.16. The molecule has 1 amide bonds. The van der Waals surface area contributed by atoms with Gasteiger partial charge in [-0.2, -0.15) is 5.26 Å². The van der Waals surface area contributed by atoms with E-state index in [-0.39, 0.29) is 11.9 Å². The van der Waals surface area contributed by atoms with Crippen LogP contribution in [-0.4, -0.2) is 55.0 Å². The second kappa shape index (κ2) is 9.87. The molecule has 1 N–H and O–H groups in total. The van der Waals surface area contributed by atoms with Crippen molar-refractivity contribution in [1.29, 1.82) is 5.26 Å². The molecule has 0 aromatic carbocycles. The van der Waals surface area contributed by atoms with Crippen LogP contribution in [0.2, 0.25) is 0 Å². The van der Waals surface area contributed by atoms with Crippen molar-refractivity contribution < 1.29 is 4.79 Å². The van der Waals surface area contributed by atoms with Gasteiger partial charge in [-0.15, -0.1) is 11.3 Å². The van der Waals surface area contributed by atoms with E-state index in [1.807, 2.05) is 6.92 Å². The van der Waals surface area contributed by atoms with Crippen LogP contribution in [0.4, 0.5) is 5.00 Å². The number of amides is 1. The zero-order chi connectivity index (χ0) is 20.1. The van der Waals surface area contributed by atoms with Crippen molar-refractivity contribution >= 4 is 22.2 Å². The van der Waals surface area contributed by atoms with Gasteiger partial charge in [0.15, 0.2) is 0 Å². The van der Waals surface area contributed by atoms with E-state index in [0.717, 1.165) is 56.9 Å². The number of fused-ring (bicyclic) bond motifs is 1. The van der Waals surface area contributed by atoms with Gasteiger partial charge < -0.3 is 10.2 Å². The van der Waals surface area contributed by atoms with Crippen molar-refractivity contribution in [2.75, 3.05) is 38.5 Å². The maximum absolute atomic E-state index is 12.9. The van der Waals surface area contributed by atoms with Crippen LogP contribution in [0.25, 0.3) is 0 Å². The number of nitrogens with one attached hydrogen (secondary N) is 1. The molecule has 2 aliphatic rings. The van der Waals surface area contributed by atoms with E-state index in [0.29, 0.717) is 11.5 Å². The number of hydrogen-bond acceptors (Lipinski definition) is 5. The summed E-state index contributed by atoms with van der Waals surface area (Å²) >= 11 is 1.62. The highest BCUT2D eigenvalue weighted by atomic mass is 32.1. The normalized spacial score (nSPS) is 21.2.